The molecule has 3 nitrogen and oxygen atoms in total. The van der Waals surface area contributed by atoms with Gasteiger partial charge in [0, 0.05) is 6.54 Å². The minimum absolute atomic E-state index is 0.0249. The minimum Gasteiger partial charge on any atom is -0.352 e. The third-order valence-electron chi connectivity index (χ3n) is 2.56. The normalized spacial score (nSPS) is 12.3. The first kappa shape index (κ1) is 17.3. The first-order chi connectivity index (χ1) is 9.57. The van der Waals surface area contributed by atoms with E-state index in [4.69, 9.17) is 5.73 Å². The summed E-state index contributed by atoms with van der Waals surface area (Å²) in [6, 6.07) is 0.737. The Morgan fingerprint density at radius 1 is 1.10 bits per heavy atom. The van der Waals surface area contributed by atoms with Crippen LogP contribution < -0.4 is 11.1 Å². The van der Waals surface area contributed by atoms with Gasteiger partial charge in [0.1, 0.15) is 0 Å². The fraction of sp³-hybridized carbons (Fsp3) is 0.417. The largest absolute Gasteiger partial charge is 0.417 e. The van der Waals surface area contributed by atoms with Gasteiger partial charge in [0.2, 0.25) is 0 Å². The fourth-order valence-electron chi connectivity index (χ4n) is 1.55. The smallest absolute Gasteiger partial charge is 0.352 e. The van der Waals surface area contributed by atoms with Gasteiger partial charge in [-0.1, -0.05) is 0 Å². The zero-order valence-corrected chi connectivity index (χ0v) is 10.6. The lowest BCUT2D eigenvalue weighted by molar-refractivity contribution is -0.141. The summed E-state index contributed by atoms with van der Waals surface area (Å²) >= 11 is 0. The second kappa shape index (κ2) is 6.33. The number of carbonyl (C=O) groups is 1. The van der Waals surface area contributed by atoms with Gasteiger partial charge in [-0.05, 0) is 31.2 Å². The predicted octanol–water partition coefficient (Wildman–Crippen LogP) is 2.80. The molecular formula is C12H12F6N2O. The van der Waals surface area contributed by atoms with Crippen LogP contribution in [0.5, 0.6) is 0 Å². The van der Waals surface area contributed by atoms with E-state index in [2.05, 4.69) is 5.32 Å². The van der Waals surface area contributed by atoms with Crippen molar-refractivity contribution in [1.82, 2.24) is 5.32 Å². The molecule has 0 radical (unpaired) electrons. The molecule has 0 fully saturated rings. The molecule has 0 saturated heterocycles. The molecule has 9 heteroatoms. The first-order valence-corrected chi connectivity index (χ1v) is 5.84. The third-order valence-corrected chi connectivity index (χ3v) is 2.56. The number of nitrogens with two attached hydrogens (primary N) is 1. The van der Waals surface area contributed by atoms with Crippen LogP contribution in [0.4, 0.5) is 26.3 Å². The molecule has 0 saturated carbocycles. The number of carbonyl (C=O) groups excluding carboxylic acids is 1. The molecule has 0 bridgehead atoms. The molecule has 1 amide bonds. The van der Waals surface area contributed by atoms with Gasteiger partial charge in [-0.3, -0.25) is 4.79 Å². The molecule has 1 aromatic carbocycles. The summed E-state index contributed by atoms with van der Waals surface area (Å²) in [5.41, 5.74) is 1.36. The van der Waals surface area contributed by atoms with E-state index < -0.39 is 35.0 Å². The molecular weight excluding hydrogens is 302 g/mol. The zero-order valence-electron chi connectivity index (χ0n) is 10.6. The Balaban J connectivity index is 3.20. The van der Waals surface area contributed by atoms with E-state index in [0.717, 1.165) is 0 Å². The van der Waals surface area contributed by atoms with Crippen molar-refractivity contribution in [3.63, 3.8) is 0 Å². The van der Waals surface area contributed by atoms with E-state index in [0.29, 0.717) is 12.5 Å². The Labute approximate surface area is 116 Å². The summed E-state index contributed by atoms with van der Waals surface area (Å²) in [5.74, 6) is -1.22. The molecule has 0 atom stereocenters. The fourth-order valence-corrected chi connectivity index (χ4v) is 1.55. The average molecular weight is 314 g/mol. The summed E-state index contributed by atoms with van der Waals surface area (Å²) < 4.78 is 75.8. The molecule has 0 spiro atoms. The maximum Gasteiger partial charge on any atom is 0.417 e. The van der Waals surface area contributed by atoms with Crippen molar-refractivity contribution in [2.24, 2.45) is 5.73 Å². The van der Waals surface area contributed by atoms with Crippen LogP contribution in [0.15, 0.2) is 18.2 Å². The van der Waals surface area contributed by atoms with Crippen molar-refractivity contribution >= 4 is 5.91 Å². The van der Waals surface area contributed by atoms with Crippen LogP contribution in [-0.2, 0) is 12.4 Å². The lowest BCUT2D eigenvalue weighted by atomic mass is 10.0. The highest BCUT2D eigenvalue weighted by atomic mass is 19.4. The molecule has 0 unspecified atom stereocenters. The van der Waals surface area contributed by atoms with Crippen molar-refractivity contribution in [3.05, 3.63) is 34.9 Å². The Hall–Kier alpha value is -1.77. The second-order valence-electron chi connectivity index (χ2n) is 4.15. The minimum atomic E-state index is -4.93. The van der Waals surface area contributed by atoms with Crippen LogP contribution in [0.2, 0.25) is 0 Å². The standard InChI is InChI=1S/C12H12F6N2O/c13-11(14,15)7-2-3-9(12(16,17)18)8(6-7)10(21)20-5-1-4-19/h2-3,6H,1,4-5,19H2,(H,20,21). The van der Waals surface area contributed by atoms with Crippen LogP contribution in [0.25, 0.3) is 0 Å². The lowest BCUT2D eigenvalue weighted by Gasteiger charge is -2.15. The number of hydrogen-bond acceptors (Lipinski definition) is 2. The molecule has 0 aliphatic carbocycles. The summed E-state index contributed by atoms with van der Waals surface area (Å²) in [7, 11) is 0. The van der Waals surface area contributed by atoms with Crippen LogP contribution in [0, 0.1) is 0 Å². The van der Waals surface area contributed by atoms with E-state index in [9.17, 15) is 31.1 Å². The highest BCUT2D eigenvalue weighted by Gasteiger charge is 2.38. The molecule has 0 heterocycles. The average Bonchev–Trinajstić information content (AvgIpc) is 2.36. The van der Waals surface area contributed by atoms with Crippen molar-refractivity contribution in [1.29, 1.82) is 0 Å². The Morgan fingerprint density at radius 3 is 2.19 bits per heavy atom. The van der Waals surface area contributed by atoms with E-state index in [1.54, 1.807) is 0 Å². The topological polar surface area (TPSA) is 55.1 Å². The van der Waals surface area contributed by atoms with E-state index >= 15 is 0 Å². The molecule has 21 heavy (non-hydrogen) atoms. The Kier molecular flexibility index (Phi) is 5.21. The highest BCUT2D eigenvalue weighted by Crippen LogP contribution is 2.36. The molecule has 118 valence electrons. The van der Waals surface area contributed by atoms with Gasteiger partial charge in [0.15, 0.2) is 0 Å². The van der Waals surface area contributed by atoms with Crippen molar-refractivity contribution in [2.75, 3.05) is 13.1 Å². The van der Waals surface area contributed by atoms with Crippen LogP contribution >= 0.6 is 0 Å². The SMILES string of the molecule is NCCCNC(=O)c1cc(C(F)(F)F)ccc1C(F)(F)F. The monoisotopic (exact) mass is 314 g/mol. The van der Waals surface area contributed by atoms with Gasteiger partial charge >= 0.3 is 12.4 Å². The van der Waals surface area contributed by atoms with Gasteiger partial charge in [-0.25, -0.2) is 0 Å². The quantitative estimate of drug-likeness (QED) is 0.663. The van der Waals surface area contributed by atoms with Gasteiger partial charge < -0.3 is 11.1 Å². The third kappa shape index (κ3) is 4.62. The Bertz CT molecular complexity index is 509. The van der Waals surface area contributed by atoms with E-state index in [1.807, 2.05) is 0 Å². The number of rotatable bonds is 4. The number of hydrogen-bond donors (Lipinski definition) is 2. The summed E-state index contributed by atoms with van der Waals surface area (Å²) in [5, 5.41) is 2.10. The van der Waals surface area contributed by atoms with Gasteiger partial charge in [-0.2, -0.15) is 26.3 Å². The first-order valence-electron chi connectivity index (χ1n) is 5.84. The van der Waals surface area contributed by atoms with Crippen LogP contribution in [-0.4, -0.2) is 19.0 Å². The summed E-state index contributed by atoms with van der Waals surface area (Å²) in [6.07, 6.45) is -9.47. The number of halogens is 6. The van der Waals surface area contributed by atoms with Crippen LogP contribution in [0.1, 0.15) is 27.9 Å². The van der Waals surface area contributed by atoms with Gasteiger partial charge in [0.05, 0.1) is 16.7 Å². The highest BCUT2D eigenvalue weighted by molar-refractivity contribution is 5.96. The maximum atomic E-state index is 12.7. The van der Waals surface area contributed by atoms with Crippen LogP contribution in [0.3, 0.4) is 0 Å². The van der Waals surface area contributed by atoms with E-state index in [1.165, 1.54) is 0 Å². The second-order valence-corrected chi connectivity index (χ2v) is 4.15. The summed E-state index contributed by atoms with van der Waals surface area (Å²) in [4.78, 5) is 11.6. The van der Waals surface area contributed by atoms with Gasteiger partial charge in [0.25, 0.3) is 5.91 Å². The van der Waals surface area contributed by atoms with Gasteiger partial charge in [-0.15, -0.1) is 0 Å². The zero-order chi connectivity index (χ0) is 16.3. The van der Waals surface area contributed by atoms with E-state index in [-0.39, 0.29) is 25.2 Å². The molecule has 0 aliphatic heterocycles. The molecule has 0 aliphatic rings. The number of nitrogens with one attached hydrogen (secondary N) is 1. The molecule has 1 rings (SSSR count). The Morgan fingerprint density at radius 2 is 1.71 bits per heavy atom. The van der Waals surface area contributed by atoms with Crippen molar-refractivity contribution in [3.8, 4) is 0 Å². The molecule has 3 N–H and O–H groups in total. The number of benzene rings is 1. The van der Waals surface area contributed by atoms with Crippen molar-refractivity contribution in [2.45, 2.75) is 18.8 Å². The summed E-state index contributed by atoms with van der Waals surface area (Å²) in [6.45, 7) is 0.165. The van der Waals surface area contributed by atoms with Crippen molar-refractivity contribution < 1.29 is 31.1 Å². The molecule has 0 aromatic heterocycles. The lowest BCUT2D eigenvalue weighted by Crippen LogP contribution is -2.28. The number of amides is 1. The predicted molar refractivity (Wildman–Crippen MR) is 62.5 cm³/mol. The number of alkyl halides is 6. The molecule has 1 aromatic rings. The maximum absolute atomic E-state index is 12.7.